The third kappa shape index (κ3) is 3.65. The van der Waals surface area contributed by atoms with Crippen LogP contribution in [-0.4, -0.2) is 29.4 Å². The van der Waals surface area contributed by atoms with Crippen molar-refractivity contribution in [2.45, 2.75) is 6.54 Å². The summed E-state index contributed by atoms with van der Waals surface area (Å²) in [7, 11) is 1.77. The van der Waals surface area contributed by atoms with Gasteiger partial charge < -0.3 is 5.11 Å². The van der Waals surface area contributed by atoms with Crippen LogP contribution in [0.1, 0.15) is 15.9 Å². The molecule has 0 unspecified atom stereocenters. The van der Waals surface area contributed by atoms with Crippen molar-refractivity contribution in [2.75, 3.05) is 13.6 Å². The summed E-state index contributed by atoms with van der Waals surface area (Å²) in [5.74, 6) is -0.207. The number of Topliss-reactive ketones (excluding diaryl/α,β-unsaturated/α-hetero) is 1. The van der Waals surface area contributed by atoms with Crippen molar-refractivity contribution in [1.82, 2.24) is 4.90 Å². The van der Waals surface area contributed by atoms with Gasteiger partial charge in [-0.15, -0.1) is 0 Å². The van der Waals surface area contributed by atoms with Crippen molar-refractivity contribution in [3.63, 3.8) is 0 Å². The topological polar surface area (TPSA) is 40.5 Å². The smallest absolute Gasteiger partial charge is 0.176 e. The van der Waals surface area contributed by atoms with Gasteiger partial charge in [0.2, 0.25) is 0 Å². The van der Waals surface area contributed by atoms with Crippen molar-refractivity contribution in [2.24, 2.45) is 0 Å². The number of carbonyl (C=O) groups is 1. The first kappa shape index (κ1) is 14.2. The van der Waals surface area contributed by atoms with E-state index < -0.39 is 0 Å². The second kappa shape index (κ2) is 6.30. The largest absolute Gasteiger partial charge is 0.508 e. The van der Waals surface area contributed by atoms with Gasteiger partial charge in [0.05, 0.1) is 6.54 Å². The van der Waals surface area contributed by atoms with Gasteiger partial charge >= 0.3 is 0 Å². The van der Waals surface area contributed by atoms with E-state index in [1.165, 1.54) is 18.2 Å². The molecule has 0 aromatic heterocycles. The van der Waals surface area contributed by atoms with Crippen LogP contribution in [0.3, 0.4) is 0 Å². The molecule has 0 heterocycles. The van der Waals surface area contributed by atoms with Crippen LogP contribution in [0.5, 0.6) is 5.75 Å². The van der Waals surface area contributed by atoms with Gasteiger partial charge in [0.25, 0.3) is 0 Å². The van der Waals surface area contributed by atoms with E-state index in [4.69, 9.17) is 0 Å². The number of hydrogen-bond donors (Lipinski definition) is 1. The van der Waals surface area contributed by atoms with Gasteiger partial charge in [-0.1, -0.05) is 18.2 Å². The number of phenols is 1. The fraction of sp³-hybridized carbons (Fsp3) is 0.188. The molecule has 4 heteroatoms. The lowest BCUT2D eigenvalue weighted by molar-refractivity contribution is 0.0942. The lowest BCUT2D eigenvalue weighted by Crippen LogP contribution is -2.26. The lowest BCUT2D eigenvalue weighted by Gasteiger charge is -2.16. The third-order valence-corrected chi connectivity index (χ3v) is 3.00. The molecule has 0 radical (unpaired) electrons. The minimum absolute atomic E-state index is 0.0659. The number of carbonyl (C=O) groups excluding carboxylic acids is 1. The van der Waals surface area contributed by atoms with Gasteiger partial charge in [-0.3, -0.25) is 9.69 Å². The highest BCUT2D eigenvalue weighted by Gasteiger charge is 2.11. The van der Waals surface area contributed by atoms with E-state index >= 15 is 0 Å². The Morgan fingerprint density at radius 2 is 1.80 bits per heavy atom. The molecule has 0 amide bonds. The SMILES string of the molecule is CN(CC(=O)c1ccc(O)cc1)Cc1ccccc1F. The molecule has 2 aromatic rings. The minimum Gasteiger partial charge on any atom is -0.508 e. The molecular formula is C16H16FNO2. The molecule has 0 spiro atoms. The second-order valence-corrected chi connectivity index (χ2v) is 4.73. The molecule has 2 aromatic carbocycles. The Morgan fingerprint density at radius 3 is 2.45 bits per heavy atom. The Kier molecular flexibility index (Phi) is 4.48. The molecule has 104 valence electrons. The van der Waals surface area contributed by atoms with Crippen molar-refractivity contribution in [3.05, 3.63) is 65.5 Å². The fourth-order valence-corrected chi connectivity index (χ4v) is 1.96. The summed E-state index contributed by atoms with van der Waals surface area (Å²) in [4.78, 5) is 13.8. The molecule has 0 fully saturated rings. The maximum atomic E-state index is 13.5. The summed E-state index contributed by atoms with van der Waals surface area (Å²) in [6.07, 6.45) is 0. The zero-order valence-electron chi connectivity index (χ0n) is 11.2. The van der Waals surface area contributed by atoms with Gasteiger partial charge in [0.1, 0.15) is 11.6 Å². The number of likely N-dealkylation sites (N-methyl/N-ethyl adjacent to an activating group) is 1. The molecule has 0 saturated carbocycles. The molecule has 0 atom stereocenters. The highest BCUT2D eigenvalue weighted by atomic mass is 19.1. The van der Waals surface area contributed by atoms with Crippen LogP contribution in [-0.2, 0) is 6.54 Å². The van der Waals surface area contributed by atoms with Crippen LogP contribution in [0.2, 0.25) is 0 Å². The molecule has 20 heavy (non-hydrogen) atoms. The van der Waals surface area contributed by atoms with E-state index in [0.29, 0.717) is 17.7 Å². The van der Waals surface area contributed by atoms with Gasteiger partial charge in [0, 0.05) is 17.7 Å². The predicted molar refractivity (Wildman–Crippen MR) is 75.2 cm³/mol. The highest BCUT2D eigenvalue weighted by molar-refractivity contribution is 5.97. The number of benzene rings is 2. The summed E-state index contributed by atoms with van der Waals surface area (Å²) < 4.78 is 13.5. The number of phenolic OH excluding ortho intramolecular Hbond substituents is 1. The van der Waals surface area contributed by atoms with Crippen LogP contribution in [0.4, 0.5) is 4.39 Å². The quantitative estimate of drug-likeness (QED) is 0.852. The Hall–Kier alpha value is -2.20. The normalized spacial score (nSPS) is 10.8. The molecule has 0 aliphatic carbocycles. The molecule has 2 rings (SSSR count). The Morgan fingerprint density at radius 1 is 1.15 bits per heavy atom. The maximum absolute atomic E-state index is 13.5. The van der Waals surface area contributed by atoms with Crippen LogP contribution in [0, 0.1) is 5.82 Å². The number of nitrogens with zero attached hydrogens (tertiary/aromatic N) is 1. The highest BCUT2D eigenvalue weighted by Crippen LogP contribution is 2.12. The zero-order valence-corrected chi connectivity index (χ0v) is 11.2. The summed E-state index contributed by atoms with van der Waals surface area (Å²) in [5.41, 5.74) is 1.09. The molecule has 0 bridgehead atoms. The lowest BCUT2D eigenvalue weighted by atomic mass is 10.1. The van der Waals surface area contributed by atoms with Crippen molar-refractivity contribution in [3.8, 4) is 5.75 Å². The average Bonchev–Trinajstić information content (AvgIpc) is 2.42. The maximum Gasteiger partial charge on any atom is 0.176 e. The van der Waals surface area contributed by atoms with E-state index in [1.54, 1.807) is 42.3 Å². The van der Waals surface area contributed by atoms with Crippen LogP contribution in [0.25, 0.3) is 0 Å². The first-order valence-electron chi connectivity index (χ1n) is 6.30. The average molecular weight is 273 g/mol. The van der Waals surface area contributed by atoms with Gasteiger partial charge in [-0.2, -0.15) is 0 Å². The van der Waals surface area contributed by atoms with Crippen LogP contribution < -0.4 is 0 Å². The number of rotatable bonds is 5. The van der Waals surface area contributed by atoms with Crippen molar-refractivity contribution < 1.29 is 14.3 Å². The first-order valence-corrected chi connectivity index (χ1v) is 6.30. The zero-order chi connectivity index (χ0) is 14.5. The Labute approximate surface area is 117 Å². The first-order chi connectivity index (χ1) is 9.56. The van der Waals surface area contributed by atoms with Gasteiger partial charge in [-0.05, 0) is 37.4 Å². The molecular weight excluding hydrogens is 257 g/mol. The molecule has 0 aliphatic heterocycles. The molecule has 3 nitrogen and oxygen atoms in total. The molecule has 1 N–H and O–H groups in total. The number of halogens is 1. The number of aromatic hydroxyl groups is 1. The van der Waals surface area contributed by atoms with Gasteiger partial charge in [-0.25, -0.2) is 4.39 Å². The Balaban J connectivity index is 1.98. The van der Waals surface area contributed by atoms with E-state index in [0.717, 1.165) is 0 Å². The summed E-state index contributed by atoms with van der Waals surface area (Å²) in [5, 5.41) is 9.18. The summed E-state index contributed by atoms with van der Waals surface area (Å²) in [6, 6.07) is 12.6. The standard InChI is InChI=1S/C16H16FNO2/c1-18(10-13-4-2-3-5-15(13)17)11-16(20)12-6-8-14(19)9-7-12/h2-9,19H,10-11H2,1H3. The Bertz CT molecular complexity index is 596. The van der Waals surface area contributed by atoms with Crippen LogP contribution >= 0.6 is 0 Å². The molecule has 0 saturated heterocycles. The minimum atomic E-state index is -0.267. The fourth-order valence-electron chi connectivity index (χ4n) is 1.96. The molecule has 0 aliphatic rings. The third-order valence-electron chi connectivity index (χ3n) is 3.00. The van der Waals surface area contributed by atoms with Crippen molar-refractivity contribution >= 4 is 5.78 Å². The second-order valence-electron chi connectivity index (χ2n) is 4.73. The number of hydrogen-bond acceptors (Lipinski definition) is 3. The van der Waals surface area contributed by atoms with E-state index in [2.05, 4.69) is 0 Å². The summed E-state index contributed by atoms with van der Waals surface area (Å²) >= 11 is 0. The van der Waals surface area contributed by atoms with E-state index in [-0.39, 0.29) is 23.9 Å². The van der Waals surface area contributed by atoms with Crippen LogP contribution in [0.15, 0.2) is 48.5 Å². The van der Waals surface area contributed by atoms with E-state index in [1.807, 2.05) is 0 Å². The van der Waals surface area contributed by atoms with Gasteiger partial charge in [0.15, 0.2) is 5.78 Å². The summed E-state index contributed by atoms with van der Waals surface area (Å²) in [6.45, 7) is 0.565. The van der Waals surface area contributed by atoms with E-state index in [9.17, 15) is 14.3 Å². The monoisotopic (exact) mass is 273 g/mol. The predicted octanol–water partition coefficient (Wildman–Crippen LogP) is 2.85. The number of ketones is 1. The van der Waals surface area contributed by atoms with Crippen molar-refractivity contribution in [1.29, 1.82) is 0 Å².